The molecule has 1 saturated carbocycles. The van der Waals surface area contributed by atoms with Gasteiger partial charge < -0.3 is 0 Å². The largest absolute Gasteiger partial charge is 0.191 e. The topological polar surface area (TPSA) is 0 Å². The Morgan fingerprint density at radius 1 is 0.667 bits per heavy atom. The molecular weight excluding hydrogens is 404 g/mol. The fraction of sp³-hybridized carbons (Fsp3) is 0.400. The maximum atomic E-state index is 6.27. The molecule has 0 atom stereocenters. The molecule has 0 spiro atoms. The van der Waals surface area contributed by atoms with Gasteiger partial charge in [-0.05, 0) is 11.1 Å². The van der Waals surface area contributed by atoms with Crippen molar-refractivity contribution in [2.75, 3.05) is 0 Å². The molecule has 3 rings (SSSR count). The van der Waals surface area contributed by atoms with Crippen molar-refractivity contribution in [3.63, 3.8) is 0 Å². The summed E-state index contributed by atoms with van der Waals surface area (Å²) in [6.07, 6.45) is 0.495. The first-order valence-corrected chi connectivity index (χ1v) is 7.74. The third-order valence-electron chi connectivity index (χ3n) is 3.35. The molecule has 0 unspecified atom stereocenters. The Bertz CT molecular complexity index is 527. The van der Waals surface area contributed by atoms with Crippen LogP contribution in [-0.2, 0) is 0 Å². The highest BCUT2D eigenvalue weighted by molar-refractivity contribution is 6.73. The second kappa shape index (κ2) is 3.84. The fourth-order valence-corrected chi connectivity index (χ4v) is 5.02. The Morgan fingerprint density at radius 3 is 1.33 bits per heavy atom. The van der Waals surface area contributed by atoms with Crippen LogP contribution < -0.4 is 0 Å². The molecule has 3 aliphatic rings. The van der Waals surface area contributed by atoms with Crippen LogP contribution in [0.3, 0.4) is 0 Å². The van der Waals surface area contributed by atoms with E-state index in [1.54, 1.807) is 0 Å². The van der Waals surface area contributed by atoms with Gasteiger partial charge in [0.2, 0.25) is 0 Å². The minimum absolute atomic E-state index is 0.395. The van der Waals surface area contributed by atoms with Gasteiger partial charge in [0.05, 0.1) is 10.1 Å². The molecule has 0 saturated heterocycles. The molecule has 0 nitrogen and oxygen atoms in total. The fourth-order valence-electron chi connectivity index (χ4n) is 2.50. The molecule has 0 radical (unpaired) electrons. The average Bonchev–Trinajstić information content (AvgIpc) is 2.79. The van der Waals surface area contributed by atoms with Gasteiger partial charge in [-0.15, -0.1) is 0 Å². The molecule has 0 N–H and O–H groups in total. The molecule has 0 aromatic rings. The van der Waals surface area contributed by atoms with Gasteiger partial charge in [0.15, 0.2) is 13.0 Å². The average molecular weight is 406 g/mol. The Balaban J connectivity index is 2.41. The van der Waals surface area contributed by atoms with Crippen LogP contribution in [0, 0.1) is 0 Å². The molecule has 0 aliphatic heterocycles. The Kier molecular flexibility index (Phi) is 3.09. The molecule has 1 fully saturated rings. The van der Waals surface area contributed by atoms with Crippen LogP contribution in [0.15, 0.2) is 32.4 Å². The standard InChI is InChI=1S/C10H2Cl8/c11-6-2-1-3(7(6)12)5-4(2)8(13,14)10(17,18)9(5,15)16/h1H2. The summed E-state index contributed by atoms with van der Waals surface area (Å²) in [5, 5.41) is 0.789. The molecular formula is C10H2Cl8. The van der Waals surface area contributed by atoms with Crippen molar-refractivity contribution in [3.05, 3.63) is 32.4 Å². The van der Waals surface area contributed by atoms with Gasteiger partial charge in [0.25, 0.3) is 0 Å². The van der Waals surface area contributed by atoms with Crippen LogP contribution >= 0.6 is 92.8 Å². The molecule has 98 valence electrons. The molecule has 0 aromatic heterocycles. The highest BCUT2D eigenvalue weighted by Gasteiger charge is 2.73. The van der Waals surface area contributed by atoms with Gasteiger partial charge in [0, 0.05) is 17.6 Å². The van der Waals surface area contributed by atoms with Gasteiger partial charge in [-0.3, -0.25) is 0 Å². The van der Waals surface area contributed by atoms with Crippen molar-refractivity contribution < 1.29 is 0 Å². The Morgan fingerprint density at radius 2 is 1.00 bits per heavy atom. The van der Waals surface area contributed by atoms with Crippen molar-refractivity contribution in [1.82, 2.24) is 0 Å². The van der Waals surface area contributed by atoms with E-state index in [4.69, 9.17) is 92.8 Å². The Labute approximate surface area is 143 Å². The highest BCUT2D eigenvalue weighted by Crippen LogP contribution is 2.73. The summed E-state index contributed by atoms with van der Waals surface area (Å²) >= 11 is 49.6. The minimum Gasteiger partial charge on any atom is -0.0941 e. The second-order valence-electron chi connectivity index (χ2n) is 4.24. The van der Waals surface area contributed by atoms with Gasteiger partial charge in [-0.25, -0.2) is 0 Å². The first-order valence-electron chi connectivity index (χ1n) is 4.72. The zero-order valence-electron chi connectivity index (χ0n) is 8.23. The van der Waals surface area contributed by atoms with Crippen LogP contribution in [0.1, 0.15) is 6.42 Å². The van der Waals surface area contributed by atoms with Gasteiger partial charge in [-0.2, -0.15) is 0 Å². The van der Waals surface area contributed by atoms with Crippen LogP contribution in [-0.4, -0.2) is 13.0 Å². The lowest BCUT2D eigenvalue weighted by Crippen LogP contribution is -2.42. The van der Waals surface area contributed by atoms with Crippen molar-refractivity contribution in [2.45, 2.75) is 19.4 Å². The maximum Gasteiger partial charge on any atom is 0.191 e. The minimum atomic E-state index is -1.80. The van der Waals surface area contributed by atoms with Crippen molar-refractivity contribution >= 4 is 92.8 Å². The third kappa shape index (κ3) is 1.35. The van der Waals surface area contributed by atoms with Crippen LogP contribution in [0.5, 0.6) is 0 Å². The van der Waals surface area contributed by atoms with Gasteiger partial charge >= 0.3 is 0 Å². The smallest absolute Gasteiger partial charge is 0.0941 e. The van der Waals surface area contributed by atoms with E-state index < -0.39 is 13.0 Å². The molecule has 18 heavy (non-hydrogen) atoms. The number of alkyl halides is 6. The number of rotatable bonds is 0. The number of hydrogen-bond acceptors (Lipinski definition) is 0. The monoisotopic (exact) mass is 402 g/mol. The first-order chi connectivity index (χ1) is 8.05. The summed E-state index contributed by atoms with van der Waals surface area (Å²) in [4.78, 5) is 0. The van der Waals surface area contributed by atoms with Crippen LogP contribution in [0.2, 0.25) is 0 Å². The summed E-state index contributed by atoms with van der Waals surface area (Å²) in [6, 6.07) is 0. The van der Waals surface area contributed by atoms with E-state index in [1.165, 1.54) is 0 Å². The van der Waals surface area contributed by atoms with E-state index in [0.717, 1.165) is 0 Å². The first kappa shape index (κ1) is 14.5. The van der Waals surface area contributed by atoms with E-state index in [1.807, 2.05) is 0 Å². The van der Waals surface area contributed by atoms with Gasteiger partial charge in [-0.1, -0.05) is 92.8 Å². The maximum absolute atomic E-state index is 6.27. The molecule has 8 heteroatoms. The van der Waals surface area contributed by atoms with Crippen molar-refractivity contribution in [3.8, 4) is 0 Å². The molecule has 2 bridgehead atoms. The third-order valence-corrected chi connectivity index (χ3v) is 8.07. The van der Waals surface area contributed by atoms with E-state index in [9.17, 15) is 0 Å². The number of hydrogen-bond donors (Lipinski definition) is 0. The molecule has 3 aliphatic carbocycles. The van der Waals surface area contributed by atoms with Gasteiger partial charge in [0.1, 0.15) is 0 Å². The zero-order chi connectivity index (χ0) is 13.7. The highest BCUT2D eigenvalue weighted by atomic mass is 35.5. The lowest BCUT2D eigenvalue weighted by Gasteiger charge is -2.31. The SMILES string of the molecule is ClC1=C(Cl)C2=C3C(=C1C2)C(Cl)(Cl)C(Cl)(Cl)C3(Cl)Cl. The zero-order valence-corrected chi connectivity index (χ0v) is 14.3. The van der Waals surface area contributed by atoms with E-state index in [0.29, 0.717) is 38.8 Å². The van der Waals surface area contributed by atoms with E-state index in [2.05, 4.69) is 0 Å². The van der Waals surface area contributed by atoms with Crippen LogP contribution in [0.4, 0.5) is 0 Å². The van der Waals surface area contributed by atoms with E-state index in [-0.39, 0.29) is 0 Å². The quantitative estimate of drug-likeness (QED) is 0.420. The molecule has 0 heterocycles. The predicted molar refractivity (Wildman–Crippen MR) is 80.7 cm³/mol. The Hall–Kier alpha value is 1.54. The summed E-state index contributed by atoms with van der Waals surface area (Å²) in [5.74, 6) is 0. The van der Waals surface area contributed by atoms with Crippen LogP contribution in [0.25, 0.3) is 0 Å². The van der Waals surface area contributed by atoms with Crippen molar-refractivity contribution in [2.24, 2.45) is 0 Å². The summed E-state index contributed by atoms with van der Waals surface area (Å²) in [6.45, 7) is 0. The molecule has 0 amide bonds. The lowest BCUT2D eigenvalue weighted by molar-refractivity contribution is 0.768. The molecule has 0 aromatic carbocycles. The normalized spacial score (nSPS) is 30.7. The summed E-state index contributed by atoms with van der Waals surface area (Å²) in [7, 11) is 0. The predicted octanol–water partition coefficient (Wildman–Crippen LogP) is 6.22. The van der Waals surface area contributed by atoms with Crippen molar-refractivity contribution in [1.29, 1.82) is 0 Å². The number of fused-ring (bicyclic) bond motifs is 3. The summed E-state index contributed by atoms with van der Waals surface area (Å²) < 4.78 is -5.10. The lowest BCUT2D eigenvalue weighted by atomic mass is 10.0. The second-order valence-corrected chi connectivity index (χ2v) is 8.97. The van der Waals surface area contributed by atoms with E-state index >= 15 is 0 Å². The number of allylic oxidation sites excluding steroid dienone is 6. The summed E-state index contributed by atoms with van der Waals surface area (Å²) in [5.41, 5.74) is 2.33. The number of halogens is 8.